The van der Waals surface area contributed by atoms with Gasteiger partial charge >= 0.3 is 12.1 Å². The second-order valence-corrected chi connectivity index (χ2v) is 10.5. The summed E-state index contributed by atoms with van der Waals surface area (Å²) in [4.78, 5) is 15.2. The summed E-state index contributed by atoms with van der Waals surface area (Å²) in [5, 5.41) is 4.01. The topological polar surface area (TPSA) is 94.4 Å². The Morgan fingerprint density at radius 1 is 1.08 bits per heavy atom. The van der Waals surface area contributed by atoms with Crippen molar-refractivity contribution >= 4 is 55.9 Å². The molecule has 194 valence electrons. The second-order valence-electron chi connectivity index (χ2n) is 7.84. The van der Waals surface area contributed by atoms with Gasteiger partial charge in [0.05, 0.1) is 46.5 Å². The van der Waals surface area contributed by atoms with Crippen LogP contribution in [-0.4, -0.2) is 36.3 Å². The Kier molecular flexibility index (Phi) is 7.10. The molecule has 2 aromatic carbocycles. The van der Waals surface area contributed by atoms with Crippen LogP contribution in [0.2, 0.25) is 10.0 Å². The van der Waals surface area contributed by atoms with E-state index < -0.39 is 43.5 Å². The second kappa shape index (κ2) is 9.84. The third-order valence-electron chi connectivity index (χ3n) is 5.44. The van der Waals surface area contributed by atoms with Gasteiger partial charge in [-0.1, -0.05) is 29.3 Å². The molecule has 0 spiro atoms. The third-order valence-corrected chi connectivity index (χ3v) is 7.94. The SMILES string of the molecule is COC(=O)c1ccc(S(=O)(=O)N(Cc2ccc3c(cnn3C)c2)c2ncc(C(F)(F)F)cc2Cl)c(Cl)c1. The minimum Gasteiger partial charge on any atom is -0.465 e. The Hall–Kier alpha value is -3.35. The van der Waals surface area contributed by atoms with Gasteiger partial charge in [-0.25, -0.2) is 22.5 Å². The first kappa shape index (κ1) is 26.7. The van der Waals surface area contributed by atoms with Gasteiger partial charge in [-0.05, 0) is 42.0 Å². The van der Waals surface area contributed by atoms with Gasteiger partial charge in [-0.2, -0.15) is 18.3 Å². The van der Waals surface area contributed by atoms with Crippen molar-refractivity contribution in [1.82, 2.24) is 14.8 Å². The van der Waals surface area contributed by atoms with E-state index in [2.05, 4.69) is 14.8 Å². The maximum Gasteiger partial charge on any atom is 0.417 e. The van der Waals surface area contributed by atoms with Crippen molar-refractivity contribution in [3.05, 3.63) is 81.6 Å². The van der Waals surface area contributed by atoms with Gasteiger partial charge in [-0.15, -0.1) is 0 Å². The fourth-order valence-corrected chi connectivity index (χ4v) is 5.86. The molecule has 2 heterocycles. The van der Waals surface area contributed by atoms with Gasteiger partial charge in [0, 0.05) is 18.6 Å². The highest BCUT2D eigenvalue weighted by Crippen LogP contribution is 2.37. The van der Waals surface area contributed by atoms with Gasteiger partial charge in [0.25, 0.3) is 10.0 Å². The molecule has 0 aliphatic heterocycles. The number of aryl methyl sites for hydroxylation is 1. The molecule has 0 bridgehead atoms. The highest BCUT2D eigenvalue weighted by Gasteiger charge is 2.35. The van der Waals surface area contributed by atoms with E-state index >= 15 is 0 Å². The van der Waals surface area contributed by atoms with E-state index in [0.717, 1.165) is 29.1 Å². The van der Waals surface area contributed by atoms with Crippen LogP contribution in [0, 0.1) is 0 Å². The van der Waals surface area contributed by atoms with E-state index in [1.165, 1.54) is 6.07 Å². The van der Waals surface area contributed by atoms with Crippen molar-refractivity contribution in [3.8, 4) is 0 Å². The predicted molar refractivity (Wildman–Crippen MR) is 131 cm³/mol. The van der Waals surface area contributed by atoms with Gasteiger partial charge in [-0.3, -0.25) is 4.68 Å². The fourth-order valence-electron chi connectivity index (χ4n) is 3.59. The van der Waals surface area contributed by atoms with Crippen LogP contribution in [-0.2, 0) is 34.5 Å². The molecule has 14 heteroatoms. The molecule has 0 aliphatic rings. The number of pyridine rings is 1. The van der Waals surface area contributed by atoms with Gasteiger partial charge in [0.15, 0.2) is 5.82 Å². The quantitative estimate of drug-likeness (QED) is 0.284. The van der Waals surface area contributed by atoms with Crippen LogP contribution in [0.1, 0.15) is 21.5 Å². The van der Waals surface area contributed by atoms with E-state index in [4.69, 9.17) is 23.2 Å². The molecule has 4 rings (SSSR count). The molecular formula is C23H17Cl2F3N4O4S. The van der Waals surface area contributed by atoms with Crippen LogP contribution in [0.25, 0.3) is 10.9 Å². The van der Waals surface area contributed by atoms with Crippen molar-refractivity contribution < 1.29 is 31.1 Å². The summed E-state index contributed by atoms with van der Waals surface area (Å²) in [5.41, 5.74) is 0.121. The van der Waals surface area contributed by atoms with Crippen molar-refractivity contribution in [3.63, 3.8) is 0 Å². The number of ether oxygens (including phenoxy) is 1. The number of nitrogens with zero attached hydrogens (tertiary/aromatic N) is 4. The predicted octanol–water partition coefficient (Wildman–Crippen LogP) is 5.48. The van der Waals surface area contributed by atoms with Crippen LogP contribution < -0.4 is 4.31 Å². The molecule has 0 atom stereocenters. The summed E-state index contributed by atoms with van der Waals surface area (Å²) < 4.78 is 74.2. The lowest BCUT2D eigenvalue weighted by Crippen LogP contribution is -2.32. The number of anilines is 1. The number of rotatable bonds is 6. The highest BCUT2D eigenvalue weighted by atomic mass is 35.5. The standard InChI is InChI=1S/C23H17Cl2F3N4O4S/c1-31-19-5-3-13(7-15(19)10-30-31)12-32(21-18(25)9-16(11-29-21)23(26,27)28)37(34,35)20-6-4-14(8-17(20)24)22(33)36-2/h3-11H,12H2,1-2H3. The smallest absolute Gasteiger partial charge is 0.417 e. The van der Waals surface area contributed by atoms with Crippen LogP contribution in [0.4, 0.5) is 19.0 Å². The fraction of sp³-hybridized carbons (Fsp3) is 0.174. The Balaban J connectivity index is 1.85. The van der Waals surface area contributed by atoms with E-state index in [9.17, 15) is 26.4 Å². The zero-order chi connectivity index (χ0) is 27.1. The molecule has 2 aromatic heterocycles. The first-order chi connectivity index (χ1) is 17.3. The van der Waals surface area contributed by atoms with Gasteiger partial charge < -0.3 is 4.74 Å². The first-order valence-corrected chi connectivity index (χ1v) is 12.6. The number of aromatic nitrogens is 3. The largest absolute Gasteiger partial charge is 0.465 e. The zero-order valence-corrected chi connectivity index (χ0v) is 21.5. The average Bonchev–Trinajstić information content (AvgIpc) is 3.21. The number of fused-ring (bicyclic) bond motifs is 1. The summed E-state index contributed by atoms with van der Waals surface area (Å²) in [7, 11) is -1.66. The average molecular weight is 573 g/mol. The number of esters is 1. The van der Waals surface area contributed by atoms with Crippen molar-refractivity contribution in [2.45, 2.75) is 17.6 Å². The van der Waals surface area contributed by atoms with Gasteiger partial charge in [0.2, 0.25) is 0 Å². The van der Waals surface area contributed by atoms with Gasteiger partial charge in [0.1, 0.15) is 4.90 Å². The molecule has 37 heavy (non-hydrogen) atoms. The lowest BCUT2D eigenvalue weighted by atomic mass is 10.1. The summed E-state index contributed by atoms with van der Waals surface area (Å²) in [6.45, 7) is -0.347. The number of carbonyl (C=O) groups is 1. The number of hydrogen-bond donors (Lipinski definition) is 0. The van der Waals surface area contributed by atoms with Crippen LogP contribution in [0.3, 0.4) is 0 Å². The molecule has 0 saturated heterocycles. The minimum atomic E-state index is -4.74. The molecule has 0 aliphatic carbocycles. The Morgan fingerprint density at radius 2 is 1.81 bits per heavy atom. The first-order valence-electron chi connectivity index (χ1n) is 10.4. The van der Waals surface area contributed by atoms with Crippen molar-refractivity contribution in [2.75, 3.05) is 11.4 Å². The Labute approximate surface area is 219 Å². The molecule has 0 fully saturated rings. The third kappa shape index (κ3) is 5.22. The maximum atomic E-state index is 13.8. The highest BCUT2D eigenvalue weighted by molar-refractivity contribution is 7.93. The van der Waals surface area contributed by atoms with E-state index in [-0.39, 0.29) is 17.1 Å². The number of carbonyl (C=O) groups excluding carboxylic acids is 1. The van der Waals surface area contributed by atoms with Crippen LogP contribution in [0.15, 0.2) is 59.8 Å². The number of methoxy groups -OCH3 is 1. The molecule has 4 aromatic rings. The van der Waals surface area contributed by atoms with Crippen molar-refractivity contribution in [1.29, 1.82) is 0 Å². The Morgan fingerprint density at radius 3 is 2.43 bits per heavy atom. The molecule has 0 N–H and O–H groups in total. The number of hydrogen-bond acceptors (Lipinski definition) is 6. The van der Waals surface area contributed by atoms with Crippen LogP contribution >= 0.6 is 23.2 Å². The molecule has 0 unspecified atom stereocenters. The van der Waals surface area contributed by atoms with E-state index in [1.54, 1.807) is 36.1 Å². The number of sulfonamides is 1. The summed E-state index contributed by atoms with van der Waals surface area (Å²) in [6, 6.07) is 9.06. The minimum absolute atomic E-state index is 0.00529. The Bertz CT molecular complexity index is 1620. The number of halogens is 5. The van der Waals surface area contributed by atoms with E-state index in [1.807, 2.05) is 0 Å². The molecule has 0 radical (unpaired) electrons. The van der Waals surface area contributed by atoms with Crippen molar-refractivity contribution in [2.24, 2.45) is 7.05 Å². The summed E-state index contributed by atoms with van der Waals surface area (Å²) in [6.07, 6.45) is -2.66. The lowest BCUT2D eigenvalue weighted by molar-refractivity contribution is -0.137. The lowest BCUT2D eigenvalue weighted by Gasteiger charge is -2.25. The monoisotopic (exact) mass is 572 g/mol. The van der Waals surface area contributed by atoms with E-state index in [0.29, 0.717) is 23.2 Å². The molecule has 8 nitrogen and oxygen atoms in total. The number of alkyl halides is 3. The molecular weight excluding hydrogens is 556 g/mol. The molecule has 0 amide bonds. The molecule has 0 saturated carbocycles. The normalized spacial score (nSPS) is 12.1. The maximum absolute atomic E-state index is 13.8. The summed E-state index contributed by atoms with van der Waals surface area (Å²) >= 11 is 12.4. The van der Waals surface area contributed by atoms with Crippen LogP contribution in [0.5, 0.6) is 0 Å². The zero-order valence-electron chi connectivity index (χ0n) is 19.1. The number of benzene rings is 2. The summed E-state index contributed by atoms with van der Waals surface area (Å²) in [5.74, 6) is -1.17.